The maximum Gasteiger partial charge on any atom is 0.326 e. The molecule has 0 aliphatic carbocycles. The second-order valence-electron chi connectivity index (χ2n) is 5.08. The Morgan fingerprint density at radius 2 is 1.91 bits per heavy atom. The van der Waals surface area contributed by atoms with Gasteiger partial charge in [0.25, 0.3) is 0 Å². The van der Waals surface area contributed by atoms with Crippen molar-refractivity contribution < 1.29 is 14.6 Å². The average molecular weight is 334 g/mol. The first-order valence-corrected chi connectivity index (χ1v) is 7.96. The summed E-state index contributed by atoms with van der Waals surface area (Å²) in [6, 6.07) is 14.0. The van der Waals surface area contributed by atoms with E-state index in [1.165, 1.54) is 0 Å². The molecule has 0 bridgehead atoms. The van der Waals surface area contributed by atoms with E-state index in [2.05, 4.69) is 0 Å². The molecule has 0 aromatic heterocycles. The highest BCUT2D eigenvalue weighted by Gasteiger charge is 2.25. The lowest BCUT2D eigenvalue weighted by molar-refractivity contribution is -0.138. The number of halogens is 1. The second kappa shape index (κ2) is 7.88. The molecule has 0 aliphatic heterocycles. The van der Waals surface area contributed by atoms with Crippen molar-refractivity contribution in [2.24, 2.45) is 0 Å². The lowest BCUT2D eigenvalue weighted by Gasteiger charge is -2.30. The smallest absolute Gasteiger partial charge is 0.326 e. The summed E-state index contributed by atoms with van der Waals surface area (Å²) in [4.78, 5) is 13.3. The van der Waals surface area contributed by atoms with Crippen molar-refractivity contribution in [2.75, 3.05) is 11.4 Å². The van der Waals surface area contributed by atoms with Gasteiger partial charge in [-0.1, -0.05) is 36.7 Å². The van der Waals surface area contributed by atoms with Crippen molar-refractivity contribution >= 4 is 23.3 Å². The zero-order valence-corrected chi connectivity index (χ0v) is 14.0. The molecule has 0 spiro atoms. The maximum atomic E-state index is 11.5. The molecule has 1 N–H and O–H groups in total. The van der Waals surface area contributed by atoms with E-state index in [9.17, 15) is 9.90 Å². The van der Waals surface area contributed by atoms with Crippen LogP contribution in [0.2, 0.25) is 5.02 Å². The van der Waals surface area contributed by atoms with E-state index >= 15 is 0 Å². The van der Waals surface area contributed by atoms with E-state index in [0.29, 0.717) is 35.2 Å². The Hall–Kier alpha value is -2.20. The number of likely N-dealkylation sites (N-methyl/N-ethyl adjacent to an activating group) is 1. The van der Waals surface area contributed by atoms with E-state index in [1.807, 2.05) is 44.2 Å². The van der Waals surface area contributed by atoms with Crippen LogP contribution >= 0.6 is 11.6 Å². The monoisotopic (exact) mass is 333 g/mol. The molecule has 0 saturated carbocycles. The Balaban J connectivity index is 2.43. The number of carbonyl (C=O) groups is 1. The Morgan fingerprint density at radius 3 is 2.48 bits per heavy atom. The fraction of sp³-hybridized carbons (Fsp3) is 0.278. The number of carboxylic acid groups (broad SMARTS) is 1. The van der Waals surface area contributed by atoms with E-state index < -0.39 is 12.0 Å². The predicted molar refractivity (Wildman–Crippen MR) is 92.7 cm³/mol. The standard InChI is InChI=1S/C18H20ClNO3/c1-3-15(18(21)22)20(4-2)16-12-13(19)10-11-17(16)23-14-8-6-5-7-9-14/h5-12,15H,3-4H2,1-2H3,(H,21,22). The second-order valence-corrected chi connectivity index (χ2v) is 5.51. The van der Waals surface area contributed by atoms with Crippen molar-refractivity contribution in [3.05, 3.63) is 53.6 Å². The van der Waals surface area contributed by atoms with Gasteiger partial charge in [-0.2, -0.15) is 0 Å². The summed E-state index contributed by atoms with van der Waals surface area (Å²) in [7, 11) is 0. The predicted octanol–water partition coefficient (Wildman–Crippen LogP) is 4.82. The molecular weight excluding hydrogens is 314 g/mol. The van der Waals surface area contributed by atoms with Gasteiger partial charge in [-0.3, -0.25) is 0 Å². The molecule has 1 unspecified atom stereocenters. The van der Waals surface area contributed by atoms with E-state index in [1.54, 1.807) is 23.1 Å². The fourth-order valence-corrected chi connectivity index (χ4v) is 2.67. The molecule has 23 heavy (non-hydrogen) atoms. The number of anilines is 1. The third-order valence-electron chi connectivity index (χ3n) is 3.59. The SMILES string of the molecule is CCC(C(=O)O)N(CC)c1cc(Cl)ccc1Oc1ccccc1. The van der Waals surface area contributed by atoms with E-state index in [4.69, 9.17) is 16.3 Å². The molecule has 0 saturated heterocycles. The van der Waals surface area contributed by atoms with Crippen molar-refractivity contribution in [2.45, 2.75) is 26.3 Å². The number of rotatable bonds is 7. The summed E-state index contributed by atoms with van der Waals surface area (Å²) in [5.74, 6) is 0.414. The van der Waals surface area contributed by atoms with Crippen LogP contribution < -0.4 is 9.64 Å². The van der Waals surface area contributed by atoms with Crippen LogP contribution in [0.1, 0.15) is 20.3 Å². The molecule has 5 heteroatoms. The highest BCUT2D eigenvalue weighted by molar-refractivity contribution is 6.31. The van der Waals surface area contributed by atoms with Gasteiger partial charge in [0.1, 0.15) is 11.8 Å². The number of para-hydroxylation sites is 1. The molecular formula is C18H20ClNO3. The topological polar surface area (TPSA) is 49.8 Å². The summed E-state index contributed by atoms with van der Waals surface area (Å²) in [6.45, 7) is 4.30. The summed E-state index contributed by atoms with van der Waals surface area (Å²) < 4.78 is 5.93. The normalized spacial score (nSPS) is 11.8. The zero-order chi connectivity index (χ0) is 16.8. The molecule has 0 aliphatic rings. The zero-order valence-electron chi connectivity index (χ0n) is 13.2. The summed E-state index contributed by atoms with van der Waals surface area (Å²) in [5, 5.41) is 10.0. The molecule has 2 aromatic rings. The van der Waals surface area contributed by atoms with Crippen LogP contribution in [0.15, 0.2) is 48.5 Å². The minimum atomic E-state index is -0.861. The number of ether oxygens (including phenoxy) is 1. The Morgan fingerprint density at radius 1 is 1.22 bits per heavy atom. The molecule has 0 fully saturated rings. The number of hydrogen-bond acceptors (Lipinski definition) is 3. The molecule has 4 nitrogen and oxygen atoms in total. The number of nitrogens with zero attached hydrogens (tertiary/aromatic N) is 1. The van der Waals surface area contributed by atoms with Gasteiger partial charge in [-0.15, -0.1) is 0 Å². The number of benzene rings is 2. The maximum absolute atomic E-state index is 11.5. The Bertz CT molecular complexity index is 661. The lowest BCUT2D eigenvalue weighted by Crippen LogP contribution is -2.41. The lowest BCUT2D eigenvalue weighted by atomic mass is 10.1. The van der Waals surface area contributed by atoms with Crippen LogP contribution in [0.5, 0.6) is 11.5 Å². The molecule has 0 amide bonds. The largest absolute Gasteiger partial charge is 0.480 e. The number of aliphatic carboxylic acids is 1. The fourth-order valence-electron chi connectivity index (χ4n) is 2.50. The number of carboxylic acids is 1. The first kappa shape index (κ1) is 17.2. The molecule has 2 aromatic carbocycles. The van der Waals surface area contributed by atoms with Gasteiger partial charge in [0.15, 0.2) is 5.75 Å². The van der Waals surface area contributed by atoms with Crippen LogP contribution in [-0.2, 0) is 4.79 Å². The Labute approximate surface area is 141 Å². The average Bonchev–Trinajstić information content (AvgIpc) is 2.55. The molecule has 122 valence electrons. The van der Waals surface area contributed by atoms with E-state index in [-0.39, 0.29) is 0 Å². The van der Waals surface area contributed by atoms with Gasteiger partial charge < -0.3 is 14.7 Å². The van der Waals surface area contributed by atoms with Crippen molar-refractivity contribution in [3.8, 4) is 11.5 Å². The van der Waals surface area contributed by atoms with Gasteiger partial charge in [0.05, 0.1) is 5.69 Å². The van der Waals surface area contributed by atoms with Gasteiger partial charge in [-0.25, -0.2) is 4.79 Å². The summed E-state index contributed by atoms with van der Waals surface area (Å²) >= 11 is 6.12. The third-order valence-corrected chi connectivity index (χ3v) is 3.83. The van der Waals surface area contributed by atoms with Gasteiger partial charge in [0.2, 0.25) is 0 Å². The van der Waals surface area contributed by atoms with Gasteiger partial charge >= 0.3 is 5.97 Å². The highest BCUT2D eigenvalue weighted by atomic mass is 35.5. The van der Waals surface area contributed by atoms with Gasteiger partial charge in [-0.05, 0) is 43.7 Å². The van der Waals surface area contributed by atoms with Crippen molar-refractivity contribution in [3.63, 3.8) is 0 Å². The summed E-state index contributed by atoms with van der Waals surface area (Å²) in [5.41, 5.74) is 0.679. The van der Waals surface area contributed by atoms with Crippen LogP contribution in [0, 0.1) is 0 Å². The van der Waals surface area contributed by atoms with Crippen LogP contribution in [0.3, 0.4) is 0 Å². The first-order valence-electron chi connectivity index (χ1n) is 7.58. The quantitative estimate of drug-likeness (QED) is 0.789. The van der Waals surface area contributed by atoms with Gasteiger partial charge in [0, 0.05) is 11.6 Å². The molecule has 0 heterocycles. The molecule has 0 radical (unpaired) electrons. The minimum Gasteiger partial charge on any atom is -0.480 e. The van der Waals surface area contributed by atoms with Crippen LogP contribution in [-0.4, -0.2) is 23.7 Å². The first-order chi connectivity index (χ1) is 11.1. The third kappa shape index (κ3) is 4.17. The van der Waals surface area contributed by atoms with Crippen molar-refractivity contribution in [1.29, 1.82) is 0 Å². The van der Waals surface area contributed by atoms with Crippen molar-refractivity contribution in [1.82, 2.24) is 0 Å². The Kier molecular flexibility index (Phi) is 5.88. The summed E-state index contributed by atoms with van der Waals surface area (Å²) in [6.07, 6.45) is 0.487. The highest BCUT2D eigenvalue weighted by Crippen LogP contribution is 2.36. The van der Waals surface area contributed by atoms with Crippen LogP contribution in [0.4, 0.5) is 5.69 Å². The van der Waals surface area contributed by atoms with Crippen LogP contribution in [0.25, 0.3) is 0 Å². The minimum absolute atomic E-state index is 0.487. The molecule has 2 rings (SSSR count). The van der Waals surface area contributed by atoms with E-state index in [0.717, 1.165) is 0 Å². The number of hydrogen-bond donors (Lipinski definition) is 1. The molecule has 1 atom stereocenters.